The van der Waals surface area contributed by atoms with Crippen molar-refractivity contribution in [1.29, 1.82) is 0 Å². The second kappa shape index (κ2) is 4.88. The summed E-state index contributed by atoms with van der Waals surface area (Å²) in [5, 5.41) is 15.1. The molecule has 1 aliphatic rings. The summed E-state index contributed by atoms with van der Waals surface area (Å²) in [5.74, 6) is 1.58. The molecule has 0 bridgehead atoms. The average Bonchev–Trinajstić information content (AvgIpc) is 2.76. The van der Waals surface area contributed by atoms with Gasteiger partial charge in [0.05, 0.1) is 6.20 Å². The maximum absolute atomic E-state index is 4.37. The van der Waals surface area contributed by atoms with Crippen molar-refractivity contribution >= 4 is 11.5 Å². The van der Waals surface area contributed by atoms with Gasteiger partial charge in [0.25, 0.3) is 0 Å². The zero-order valence-corrected chi connectivity index (χ0v) is 10.6. The Kier molecular flexibility index (Phi) is 3.08. The standard InChI is InChI=1S/C12H18N6/c1-2-4-10(9-5-3-6-9)14-11-12-15-16-17-18(12)8-7-13-11/h7-10H,2-6H2,1H3,(H,13,14)/t10-/m0/s1. The van der Waals surface area contributed by atoms with Gasteiger partial charge in [0, 0.05) is 12.2 Å². The summed E-state index contributed by atoms with van der Waals surface area (Å²) in [7, 11) is 0. The Morgan fingerprint density at radius 1 is 1.50 bits per heavy atom. The number of rotatable bonds is 5. The molecule has 0 aliphatic heterocycles. The minimum absolute atomic E-state index is 0.499. The Labute approximate surface area is 106 Å². The van der Waals surface area contributed by atoms with E-state index in [-0.39, 0.29) is 0 Å². The number of aromatic nitrogens is 5. The van der Waals surface area contributed by atoms with Crippen molar-refractivity contribution < 1.29 is 0 Å². The summed E-state index contributed by atoms with van der Waals surface area (Å²) >= 11 is 0. The molecule has 0 spiro atoms. The van der Waals surface area contributed by atoms with E-state index in [1.807, 2.05) is 0 Å². The number of nitrogens with zero attached hydrogens (tertiary/aromatic N) is 5. The van der Waals surface area contributed by atoms with E-state index >= 15 is 0 Å². The molecule has 0 aromatic carbocycles. The molecule has 1 fully saturated rings. The van der Waals surface area contributed by atoms with Crippen LogP contribution in [0.15, 0.2) is 12.4 Å². The van der Waals surface area contributed by atoms with E-state index in [9.17, 15) is 0 Å². The quantitative estimate of drug-likeness (QED) is 0.872. The molecule has 96 valence electrons. The molecule has 0 radical (unpaired) electrons. The fourth-order valence-corrected chi connectivity index (χ4v) is 2.54. The molecule has 2 aromatic rings. The van der Waals surface area contributed by atoms with Crippen LogP contribution < -0.4 is 5.32 Å². The fourth-order valence-electron chi connectivity index (χ4n) is 2.54. The van der Waals surface area contributed by atoms with Crippen LogP contribution in [-0.4, -0.2) is 31.1 Å². The molecule has 1 saturated carbocycles. The SMILES string of the molecule is CCC[C@H](Nc1nccn2nnnc12)C1CCC1. The maximum Gasteiger partial charge on any atom is 0.221 e. The van der Waals surface area contributed by atoms with Crippen molar-refractivity contribution in [3.05, 3.63) is 12.4 Å². The van der Waals surface area contributed by atoms with Crippen molar-refractivity contribution in [2.24, 2.45) is 5.92 Å². The van der Waals surface area contributed by atoms with Gasteiger partial charge in [0.1, 0.15) is 0 Å². The highest BCUT2D eigenvalue weighted by atomic mass is 15.5. The van der Waals surface area contributed by atoms with E-state index in [0.29, 0.717) is 11.7 Å². The largest absolute Gasteiger partial charge is 0.364 e. The van der Waals surface area contributed by atoms with Gasteiger partial charge in [-0.2, -0.15) is 4.52 Å². The fraction of sp³-hybridized carbons (Fsp3) is 0.667. The molecule has 1 atom stereocenters. The molecule has 1 N–H and O–H groups in total. The van der Waals surface area contributed by atoms with Crippen LogP contribution in [-0.2, 0) is 0 Å². The smallest absolute Gasteiger partial charge is 0.221 e. The number of tetrazole rings is 1. The number of hydrogen-bond acceptors (Lipinski definition) is 5. The summed E-state index contributed by atoms with van der Waals surface area (Å²) < 4.78 is 1.65. The van der Waals surface area contributed by atoms with E-state index in [1.165, 1.54) is 32.1 Å². The van der Waals surface area contributed by atoms with Gasteiger partial charge in [0.2, 0.25) is 5.65 Å². The first-order valence-electron chi connectivity index (χ1n) is 6.67. The summed E-state index contributed by atoms with van der Waals surface area (Å²) in [5.41, 5.74) is 0.706. The molecule has 18 heavy (non-hydrogen) atoms. The zero-order valence-electron chi connectivity index (χ0n) is 10.6. The van der Waals surface area contributed by atoms with Crippen molar-refractivity contribution in [2.75, 3.05) is 5.32 Å². The topological polar surface area (TPSA) is 68.0 Å². The van der Waals surface area contributed by atoms with Gasteiger partial charge in [-0.25, -0.2) is 4.98 Å². The molecule has 3 rings (SSSR count). The lowest BCUT2D eigenvalue weighted by Crippen LogP contribution is -2.34. The third-order valence-electron chi connectivity index (χ3n) is 3.76. The lowest BCUT2D eigenvalue weighted by atomic mass is 9.78. The van der Waals surface area contributed by atoms with Gasteiger partial charge in [-0.3, -0.25) is 0 Å². The van der Waals surface area contributed by atoms with E-state index in [4.69, 9.17) is 0 Å². The molecular formula is C12H18N6. The molecule has 6 heteroatoms. The zero-order chi connectivity index (χ0) is 12.4. The van der Waals surface area contributed by atoms with E-state index in [2.05, 4.69) is 32.7 Å². The van der Waals surface area contributed by atoms with E-state index < -0.39 is 0 Å². The van der Waals surface area contributed by atoms with Crippen LogP contribution in [0, 0.1) is 5.92 Å². The highest BCUT2D eigenvalue weighted by molar-refractivity contribution is 5.61. The first-order chi connectivity index (χ1) is 8.88. The van der Waals surface area contributed by atoms with Crippen LogP contribution >= 0.6 is 0 Å². The highest BCUT2D eigenvalue weighted by Gasteiger charge is 2.27. The Hall–Kier alpha value is -1.72. The third kappa shape index (κ3) is 2.02. The molecule has 6 nitrogen and oxygen atoms in total. The Morgan fingerprint density at radius 3 is 3.11 bits per heavy atom. The van der Waals surface area contributed by atoms with Crippen LogP contribution in [0.1, 0.15) is 39.0 Å². The van der Waals surface area contributed by atoms with Crippen molar-refractivity contribution in [2.45, 2.75) is 45.1 Å². The van der Waals surface area contributed by atoms with Gasteiger partial charge < -0.3 is 5.32 Å². The normalized spacial score (nSPS) is 17.6. The summed E-state index contributed by atoms with van der Waals surface area (Å²) in [4.78, 5) is 4.37. The van der Waals surface area contributed by atoms with Gasteiger partial charge in [0.15, 0.2) is 5.82 Å². The van der Waals surface area contributed by atoms with Gasteiger partial charge in [-0.1, -0.05) is 19.8 Å². The first-order valence-corrected chi connectivity index (χ1v) is 6.67. The van der Waals surface area contributed by atoms with Crippen LogP contribution in [0.5, 0.6) is 0 Å². The summed E-state index contributed by atoms with van der Waals surface area (Å²) in [6, 6.07) is 0.499. The van der Waals surface area contributed by atoms with E-state index in [1.54, 1.807) is 16.9 Å². The number of hydrogen-bond donors (Lipinski definition) is 1. The maximum atomic E-state index is 4.37. The average molecular weight is 246 g/mol. The predicted octanol–water partition coefficient (Wildman–Crippen LogP) is 1.90. The molecule has 0 amide bonds. The monoisotopic (exact) mass is 246 g/mol. The Balaban J connectivity index is 1.82. The minimum Gasteiger partial charge on any atom is -0.364 e. The molecule has 2 heterocycles. The lowest BCUT2D eigenvalue weighted by Gasteiger charge is -2.34. The van der Waals surface area contributed by atoms with Crippen LogP contribution in [0.3, 0.4) is 0 Å². The second-order valence-electron chi connectivity index (χ2n) is 4.95. The Morgan fingerprint density at radius 2 is 2.39 bits per heavy atom. The van der Waals surface area contributed by atoms with Crippen molar-refractivity contribution in [3.63, 3.8) is 0 Å². The predicted molar refractivity (Wildman–Crippen MR) is 68.2 cm³/mol. The number of nitrogens with one attached hydrogen (secondary N) is 1. The van der Waals surface area contributed by atoms with Gasteiger partial charge in [-0.15, -0.1) is 5.10 Å². The van der Waals surface area contributed by atoms with Crippen molar-refractivity contribution in [1.82, 2.24) is 25.0 Å². The molecule has 0 unspecified atom stereocenters. The van der Waals surface area contributed by atoms with E-state index in [0.717, 1.165) is 11.7 Å². The van der Waals surface area contributed by atoms with Crippen LogP contribution in [0.4, 0.5) is 5.82 Å². The lowest BCUT2D eigenvalue weighted by molar-refractivity contribution is 0.265. The van der Waals surface area contributed by atoms with Crippen LogP contribution in [0.25, 0.3) is 5.65 Å². The number of fused-ring (bicyclic) bond motifs is 1. The summed E-state index contributed by atoms with van der Waals surface area (Å²) in [6.07, 6.45) is 9.86. The number of anilines is 1. The van der Waals surface area contributed by atoms with Gasteiger partial charge in [-0.05, 0) is 35.6 Å². The van der Waals surface area contributed by atoms with Gasteiger partial charge >= 0.3 is 0 Å². The first kappa shape index (κ1) is 11.4. The Bertz CT molecular complexity index is 518. The molecule has 1 aliphatic carbocycles. The molecule has 2 aromatic heterocycles. The molecular weight excluding hydrogens is 228 g/mol. The van der Waals surface area contributed by atoms with Crippen molar-refractivity contribution in [3.8, 4) is 0 Å². The second-order valence-corrected chi connectivity index (χ2v) is 4.95. The highest BCUT2D eigenvalue weighted by Crippen LogP contribution is 2.33. The summed E-state index contributed by atoms with van der Waals surface area (Å²) in [6.45, 7) is 2.22. The van der Waals surface area contributed by atoms with Crippen LogP contribution in [0.2, 0.25) is 0 Å². The third-order valence-corrected chi connectivity index (χ3v) is 3.76. The minimum atomic E-state index is 0.499. The molecule has 0 saturated heterocycles.